The van der Waals surface area contributed by atoms with E-state index in [-0.39, 0.29) is 5.82 Å². The number of hydrogen-bond donors (Lipinski definition) is 1. The predicted octanol–water partition coefficient (Wildman–Crippen LogP) is 3.30. The topological polar surface area (TPSA) is 29.3 Å². The van der Waals surface area contributed by atoms with Crippen LogP contribution in [0.4, 0.5) is 4.39 Å². The molecule has 0 heterocycles. The second kappa shape index (κ2) is 7.01. The van der Waals surface area contributed by atoms with Crippen LogP contribution < -0.4 is 5.73 Å². The minimum Gasteiger partial charge on any atom is -0.326 e. The molecule has 0 saturated heterocycles. The maximum absolute atomic E-state index is 13.8. The Morgan fingerprint density at radius 3 is 2.68 bits per heavy atom. The highest BCUT2D eigenvalue weighted by molar-refractivity contribution is 5.25. The Bertz CT molecular complexity index is 400. The van der Waals surface area contributed by atoms with Gasteiger partial charge in [-0.05, 0) is 37.4 Å². The molecule has 2 rings (SSSR count). The first kappa shape index (κ1) is 14.5. The Labute approximate surface area is 115 Å². The van der Waals surface area contributed by atoms with Gasteiger partial charge in [-0.2, -0.15) is 0 Å². The maximum atomic E-state index is 13.8. The smallest absolute Gasteiger partial charge is 0.127 e. The monoisotopic (exact) mass is 264 g/mol. The molecule has 0 aromatic heterocycles. The van der Waals surface area contributed by atoms with E-state index in [0.717, 1.165) is 23.6 Å². The lowest BCUT2D eigenvalue weighted by Gasteiger charge is -2.27. The molecule has 1 saturated carbocycles. The van der Waals surface area contributed by atoms with E-state index in [1.54, 1.807) is 6.07 Å². The lowest BCUT2D eigenvalue weighted by Crippen LogP contribution is -2.27. The van der Waals surface area contributed by atoms with Crippen LogP contribution in [0.5, 0.6) is 0 Å². The zero-order valence-electron chi connectivity index (χ0n) is 11.9. The van der Waals surface area contributed by atoms with Crippen molar-refractivity contribution in [1.29, 1.82) is 0 Å². The molecule has 1 fully saturated rings. The first-order valence-corrected chi connectivity index (χ1v) is 7.35. The highest BCUT2D eigenvalue weighted by Gasteiger charge is 2.16. The van der Waals surface area contributed by atoms with Crippen molar-refractivity contribution in [3.8, 4) is 0 Å². The Balaban J connectivity index is 1.92. The van der Waals surface area contributed by atoms with Gasteiger partial charge in [0.25, 0.3) is 0 Å². The van der Waals surface area contributed by atoms with Crippen molar-refractivity contribution in [2.45, 2.75) is 45.2 Å². The van der Waals surface area contributed by atoms with E-state index in [2.05, 4.69) is 11.9 Å². The van der Waals surface area contributed by atoms with Crippen molar-refractivity contribution in [2.75, 3.05) is 13.6 Å². The van der Waals surface area contributed by atoms with E-state index in [1.165, 1.54) is 38.2 Å². The predicted molar refractivity (Wildman–Crippen MR) is 77.2 cm³/mol. The molecule has 0 unspecified atom stereocenters. The summed E-state index contributed by atoms with van der Waals surface area (Å²) in [4.78, 5) is 2.24. The molecule has 0 amide bonds. The van der Waals surface area contributed by atoms with Crippen LogP contribution in [0.2, 0.25) is 0 Å². The van der Waals surface area contributed by atoms with Crippen LogP contribution in [0.3, 0.4) is 0 Å². The number of nitrogens with two attached hydrogens (primary N) is 1. The summed E-state index contributed by atoms with van der Waals surface area (Å²) in [6.07, 6.45) is 6.75. The first-order chi connectivity index (χ1) is 9.19. The van der Waals surface area contributed by atoms with Crippen molar-refractivity contribution < 1.29 is 4.39 Å². The van der Waals surface area contributed by atoms with Gasteiger partial charge in [0.1, 0.15) is 5.82 Å². The molecule has 106 valence electrons. The quantitative estimate of drug-likeness (QED) is 0.884. The van der Waals surface area contributed by atoms with E-state index >= 15 is 0 Å². The van der Waals surface area contributed by atoms with Crippen molar-refractivity contribution in [1.82, 2.24) is 4.90 Å². The molecule has 19 heavy (non-hydrogen) atoms. The normalized spacial score (nSPS) is 17.1. The fourth-order valence-electron chi connectivity index (χ4n) is 3.04. The van der Waals surface area contributed by atoms with Gasteiger partial charge in [-0.3, -0.25) is 0 Å². The van der Waals surface area contributed by atoms with Gasteiger partial charge in [0.2, 0.25) is 0 Å². The van der Waals surface area contributed by atoms with Gasteiger partial charge < -0.3 is 10.6 Å². The molecule has 0 atom stereocenters. The van der Waals surface area contributed by atoms with Gasteiger partial charge in [-0.1, -0.05) is 31.4 Å². The minimum atomic E-state index is -0.118. The van der Waals surface area contributed by atoms with Crippen LogP contribution in [0.1, 0.15) is 43.2 Å². The number of hydrogen-bond acceptors (Lipinski definition) is 2. The zero-order chi connectivity index (χ0) is 13.7. The summed E-state index contributed by atoms with van der Waals surface area (Å²) >= 11 is 0. The van der Waals surface area contributed by atoms with E-state index in [9.17, 15) is 4.39 Å². The molecule has 1 aliphatic carbocycles. The zero-order valence-corrected chi connectivity index (χ0v) is 11.9. The molecule has 0 aliphatic heterocycles. The third kappa shape index (κ3) is 4.29. The van der Waals surface area contributed by atoms with Crippen molar-refractivity contribution in [3.63, 3.8) is 0 Å². The van der Waals surface area contributed by atoms with Gasteiger partial charge in [0.15, 0.2) is 0 Å². The lowest BCUT2D eigenvalue weighted by atomic mass is 9.89. The van der Waals surface area contributed by atoms with Crippen LogP contribution in [0.15, 0.2) is 18.2 Å². The Hall–Kier alpha value is -0.930. The summed E-state index contributed by atoms with van der Waals surface area (Å²) in [6, 6.07) is 5.19. The summed E-state index contributed by atoms with van der Waals surface area (Å²) in [6.45, 7) is 2.22. The molecule has 0 bridgehead atoms. The highest BCUT2D eigenvalue weighted by Crippen LogP contribution is 2.24. The maximum Gasteiger partial charge on any atom is 0.127 e. The fraction of sp³-hybridized carbons (Fsp3) is 0.625. The Morgan fingerprint density at radius 2 is 2.00 bits per heavy atom. The average Bonchev–Trinajstić information content (AvgIpc) is 2.42. The SMILES string of the molecule is CN(Cc1cc(CN)ccc1F)CC1CCCCC1. The first-order valence-electron chi connectivity index (χ1n) is 7.35. The molecule has 0 radical (unpaired) electrons. The average molecular weight is 264 g/mol. The lowest BCUT2D eigenvalue weighted by molar-refractivity contribution is 0.226. The minimum absolute atomic E-state index is 0.118. The molecular weight excluding hydrogens is 239 g/mol. The summed E-state index contributed by atoms with van der Waals surface area (Å²) in [7, 11) is 2.09. The molecule has 3 heteroatoms. The summed E-state index contributed by atoms with van der Waals surface area (Å²) in [5.41, 5.74) is 7.38. The molecule has 2 nitrogen and oxygen atoms in total. The van der Waals surface area contributed by atoms with Gasteiger partial charge in [-0.15, -0.1) is 0 Å². The van der Waals surface area contributed by atoms with Crippen LogP contribution in [-0.4, -0.2) is 18.5 Å². The summed E-state index contributed by atoms with van der Waals surface area (Å²) in [5, 5.41) is 0. The molecule has 1 aromatic rings. The van der Waals surface area contributed by atoms with E-state index in [1.807, 2.05) is 6.07 Å². The van der Waals surface area contributed by atoms with Gasteiger partial charge in [-0.25, -0.2) is 4.39 Å². The van der Waals surface area contributed by atoms with Crippen molar-refractivity contribution in [3.05, 3.63) is 35.1 Å². The van der Waals surface area contributed by atoms with E-state index < -0.39 is 0 Å². The van der Waals surface area contributed by atoms with E-state index in [4.69, 9.17) is 5.73 Å². The van der Waals surface area contributed by atoms with Crippen LogP contribution in [0, 0.1) is 11.7 Å². The standard InChI is InChI=1S/C16H25FN2/c1-19(11-13-5-3-2-4-6-13)12-15-9-14(10-18)7-8-16(15)17/h7-9,13H,2-6,10-12,18H2,1H3. The molecular formula is C16H25FN2. The molecule has 2 N–H and O–H groups in total. The molecule has 1 aromatic carbocycles. The number of halogens is 1. The largest absolute Gasteiger partial charge is 0.326 e. The Kier molecular flexibility index (Phi) is 5.34. The van der Waals surface area contributed by atoms with Crippen LogP contribution in [-0.2, 0) is 13.1 Å². The van der Waals surface area contributed by atoms with Crippen LogP contribution >= 0.6 is 0 Å². The van der Waals surface area contributed by atoms with Gasteiger partial charge >= 0.3 is 0 Å². The van der Waals surface area contributed by atoms with Crippen LogP contribution in [0.25, 0.3) is 0 Å². The molecule has 1 aliphatic rings. The summed E-state index contributed by atoms with van der Waals surface area (Å²) < 4.78 is 13.8. The summed E-state index contributed by atoms with van der Waals surface area (Å²) in [5.74, 6) is 0.673. The highest BCUT2D eigenvalue weighted by atomic mass is 19.1. The van der Waals surface area contributed by atoms with Gasteiger partial charge in [0, 0.05) is 25.2 Å². The second-order valence-corrected chi connectivity index (χ2v) is 5.83. The fourth-order valence-corrected chi connectivity index (χ4v) is 3.04. The Morgan fingerprint density at radius 1 is 1.26 bits per heavy atom. The van der Waals surface area contributed by atoms with Crippen molar-refractivity contribution in [2.24, 2.45) is 11.7 Å². The number of benzene rings is 1. The number of rotatable bonds is 5. The third-order valence-corrected chi connectivity index (χ3v) is 4.08. The number of nitrogens with zero attached hydrogens (tertiary/aromatic N) is 1. The van der Waals surface area contributed by atoms with Crippen molar-refractivity contribution >= 4 is 0 Å². The second-order valence-electron chi connectivity index (χ2n) is 5.83. The molecule has 0 spiro atoms. The van der Waals surface area contributed by atoms with E-state index in [0.29, 0.717) is 13.1 Å². The van der Waals surface area contributed by atoms with Gasteiger partial charge in [0.05, 0.1) is 0 Å². The third-order valence-electron chi connectivity index (χ3n) is 4.08.